The monoisotopic (exact) mass is 286 g/mol. The number of carbonyl (C=O) groups is 1. The molecule has 3 atom stereocenters. The second kappa shape index (κ2) is 10.1. The summed E-state index contributed by atoms with van der Waals surface area (Å²) in [5.74, 6) is 0.560. The summed E-state index contributed by atoms with van der Waals surface area (Å²) in [5.41, 5.74) is 0. The van der Waals surface area contributed by atoms with Crippen LogP contribution >= 0.6 is 0 Å². The maximum Gasteiger partial charge on any atom is 0.233 e. The van der Waals surface area contributed by atoms with Crippen molar-refractivity contribution in [2.45, 2.75) is 58.2 Å². The van der Waals surface area contributed by atoms with Gasteiger partial charge in [-0.15, -0.1) is 0 Å². The summed E-state index contributed by atoms with van der Waals surface area (Å²) in [6, 6.07) is 0. The van der Waals surface area contributed by atoms with Crippen LogP contribution in [0.25, 0.3) is 0 Å². The minimum Gasteiger partial charge on any atom is -0.389 e. The molecule has 0 aromatic carbocycles. The summed E-state index contributed by atoms with van der Waals surface area (Å²) in [4.78, 5) is 11.3. The van der Waals surface area contributed by atoms with Crippen LogP contribution in [0.1, 0.15) is 46.0 Å². The minimum atomic E-state index is -0.553. The lowest BCUT2D eigenvalue weighted by atomic mass is 9.88. The van der Waals surface area contributed by atoms with Gasteiger partial charge in [-0.1, -0.05) is 26.7 Å². The van der Waals surface area contributed by atoms with E-state index >= 15 is 0 Å². The van der Waals surface area contributed by atoms with Crippen molar-refractivity contribution in [1.29, 1.82) is 0 Å². The molecule has 1 aliphatic rings. The van der Waals surface area contributed by atoms with Crippen LogP contribution in [0, 0.1) is 5.92 Å². The number of hydrogen-bond donors (Lipinski definition) is 3. The van der Waals surface area contributed by atoms with Gasteiger partial charge in [-0.25, -0.2) is 0 Å². The second-order valence-corrected chi connectivity index (χ2v) is 5.77. The molecule has 1 saturated carbocycles. The topological polar surface area (TPSA) is 70.6 Å². The summed E-state index contributed by atoms with van der Waals surface area (Å²) in [5, 5.41) is 15.6. The van der Waals surface area contributed by atoms with Gasteiger partial charge in [0.15, 0.2) is 0 Å². The Balaban J connectivity index is 2.05. The number of hydrogen-bond acceptors (Lipinski definition) is 4. The maximum atomic E-state index is 11.3. The molecule has 0 aliphatic heterocycles. The first-order chi connectivity index (χ1) is 9.63. The Morgan fingerprint density at radius 2 is 2.15 bits per heavy atom. The van der Waals surface area contributed by atoms with Gasteiger partial charge in [0.25, 0.3) is 0 Å². The second-order valence-electron chi connectivity index (χ2n) is 5.77. The van der Waals surface area contributed by atoms with Crippen molar-refractivity contribution in [3.63, 3.8) is 0 Å². The van der Waals surface area contributed by atoms with E-state index in [-0.39, 0.29) is 18.6 Å². The first kappa shape index (κ1) is 17.4. The van der Waals surface area contributed by atoms with Gasteiger partial charge in [-0.05, 0) is 25.2 Å². The van der Waals surface area contributed by atoms with Gasteiger partial charge >= 0.3 is 0 Å². The molecule has 1 rings (SSSR count). The predicted molar refractivity (Wildman–Crippen MR) is 79.5 cm³/mol. The van der Waals surface area contributed by atoms with Gasteiger partial charge < -0.3 is 20.5 Å². The maximum absolute atomic E-state index is 11.3. The van der Waals surface area contributed by atoms with E-state index < -0.39 is 6.10 Å². The fourth-order valence-electron chi connectivity index (χ4n) is 2.50. The molecular formula is C15H30N2O3. The van der Waals surface area contributed by atoms with Crippen LogP contribution in [0.3, 0.4) is 0 Å². The fourth-order valence-corrected chi connectivity index (χ4v) is 2.50. The molecule has 20 heavy (non-hydrogen) atoms. The number of amides is 1. The molecule has 1 fully saturated rings. The Morgan fingerprint density at radius 1 is 1.40 bits per heavy atom. The van der Waals surface area contributed by atoms with Crippen LogP contribution in [0.4, 0.5) is 0 Å². The smallest absolute Gasteiger partial charge is 0.233 e. The van der Waals surface area contributed by atoms with Crippen LogP contribution in [0.5, 0.6) is 0 Å². The minimum absolute atomic E-state index is 0.0270. The van der Waals surface area contributed by atoms with Crippen LogP contribution in [-0.4, -0.2) is 49.5 Å². The van der Waals surface area contributed by atoms with Gasteiger partial charge in [-0.2, -0.15) is 0 Å². The van der Waals surface area contributed by atoms with E-state index in [0.29, 0.717) is 25.6 Å². The highest BCUT2D eigenvalue weighted by Gasteiger charge is 2.22. The molecule has 5 nitrogen and oxygen atoms in total. The zero-order valence-corrected chi connectivity index (χ0v) is 12.9. The van der Waals surface area contributed by atoms with Gasteiger partial charge in [0.05, 0.1) is 25.4 Å². The van der Waals surface area contributed by atoms with Crippen molar-refractivity contribution in [3.8, 4) is 0 Å². The van der Waals surface area contributed by atoms with Gasteiger partial charge in [0, 0.05) is 13.1 Å². The summed E-state index contributed by atoms with van der Waals surface area (Å²) >= 11 is 0. The van der Waals surface area contributed by atoms with Crippen LogP contribution in [0.2, 0.25) is 0 Å². The zero-order valence-electron chi connectivity index (χ0n) is 12.9. The Kier molecular flexibility index (Phi) is 8.82. The SMILES string of the molecule is CCCNC(=O)CNCC(O)COC1CCCCC1C. The quantitative estimate of drug-likeness (QED) is 0.593. The third kappa shape index (κ3) is 7.22. The van der Waals surface area contributed by atoms with Crippen LogP contribution < -0.4 is 10.6 Å². The number of aliphatic hydroxyl groups is 1. The Morgan fingerprint density at radius 3 is 2.85 bits per heavy atom. The third-order valence-corrected chi connectivity index (χ3v) is 3.77. The predicted octanol–water partition coefficient (Wildman–Crippen LogP) is 1.06. The first-order valence-corrected chi connectivity index (χ1v) is 7.90. The van der Waals surface area contributed by atoms with E-state index in [0.717, 1.165) is 12.8 Å². The standard InChI is InChI=1S/C15H30N2O3/c1-3-8-17-15(19)10-16-9-13(18)11-20-14-7-5-4-6-12(14)2/h12-14,16,18H,3-11H2,1-2H3,(H,17,19). The first-order valence-electron chi connectivity index (χ1n) is 7.90. The van der Waals surface area contributed by atoms with E-state index in [2.05, 4.69) is 17.6 Å². The van der Waals surface area contributed by atoms with Crippen molar-refractivity contribution in [2.75, 3.05) is 26.2 Å². The molecular weight excluding hydrogens is 256 g/mol. The lowest BCUT2D eigenvalue weighted by Crippen LogP contribution is -2.39. The lowest BCUT2D eigenvalue weighted by Gasteiger charge is -2.29. The van der Waals surface area contributed by atoms with E-state index in [1.165, 1.54) is 19.3 Å². The molecule has 0 saturated heterocycles. The number of rotatable bonds is 9. The van der Waals surface area contributed by atoms with Crippen molar-refractivity contribution < 1.29 is 14.6 Å². The number of nitrogens with one attached hydrogen (secondary N) is 2. The van der Waals surface area contributed by atoms with Crippen molar-refractivity contribution in [1.82, 2.24) is 10.6 Å². The van der Waals surface area contributed by atoms with Crippen LogP contribution in [0.15, 0.2) is 0 Å². The Labute approximate surface area is 122 Å². The van der Waals surface area contributed by atoms with Gasteiger partial charge in [0.1, 0.15) is 0 Å². The molecule has 3 N–H and O–H groups in total. The van der Waals surface area contributed by atoms with E-state index in [1.54, 1.807) is 0 Å². The highest BCUT2D eigenvalue weighted by Crippen LogP contribution is 2.26. The molecule has 5 heteroatoms. The molecule has 0 spiro atoms. The van der Waals surface area contributed by atoms with Crippen molar-refractivity contribution in [3.05, 3.63) is 0 Å². The van der Waals surface area contributed by atoms with Gasteiger partial charge in [-0.3, -0.25) is 4.79 Å². The summed E-state index contributed by atoms with van der Waals surface area (Å²) in [7, 11) is 0. The molecule has 3 unspecified atom stereocenters. The highest BCUT2D eigenvalue weighted by molar-refractivity contribution is 5.77. The highest BCUT2D eigenvalue weighted by atomic mass is 16.5. The fraction of sp³-hybridized carbons (Fsp3) is 0.933. The molecule has 0 aromatic heterocycles. The van der Waals surface area contributed by atoms with Crippen LogP contribution in [-0.2, 0) is 9.53 Å². The summed E-state index contributed by atoms with van der Waals surface area (Å²) in [6.45, 7) is 5.91. The zero-order chi connectivity index (χ0) is 14.8. The lowest BCUT2D eigenvalue weighted by molar-refractivity contribution is -0.120. The molecule has 0 radical (unpaired) electrons. The summed E-state index contributed by atoms with van der Waals surface area (Å²) in [6.07, 6.45) is 5.49. The summed E-state index contributed by atoms with van der Waals surface area (Å²) < 4.78 is 5.79. The molecule has 0 aromatic rings. The largest absolute Gasteiger partial charge is 0.389 e. The molecule has 1 aliphatic carbocycles. The number of carbonyl (C=O) groups excluding carboxylic acids is 1. The van der Waals surface area contributed by atoms with E-state index in [4.69, 9.17) is 4.74 Å². The number of ether oxygens (including phenoxy) is 1. The average molecular weight is 286 g/mol. The Bertz CT molecular complexity index is 274. The van der Waals surface area contributed by atoms with Gasteiger partial charge in [0.2, 0.25) is 5.91 Å². The van der Waals surface area contributed by atoms with E-state index in [1.807, 2.05) is 6.92 Å². The van der Waals surface area contributed by atoms with Crippen molar-refractivity contribution in [2.24, 2.45) is 5.92 Å². The normalized spacial score (nSPS) is 24.4. The Hall–Kier alpha value is -0.650. The van der Waals surface area contributed by atoms with E-state index in [9.17, 15) is 9.90 Å². The average Bonchev–Trinajstić information content (AvgIpc) is 2.44. The molecule has 0 heterocycles. The number of aliphatic hydroxyl groups excluding tert-OH is 1. The molecule has 118 valence electrons. The third-order valence-electron chi connectivity index (χ3n) is 3.77. The molecule has 1 amide bonds. The molecule has 0 bridgehead atoms. The van der Waals surface area contributed by atoms with Crippen molar-refractivity contribution >= 4 is 5.91 Å².